The molecule has 1 atom stereocenters. The van der Waals surface area contributed by atoms with Crippen LogP contribution in [0.3, 0.4) is 0 Å². The van der Waals surface area contributed by atoms with Crippen molar-refractivity contribution >= 4 is 29.3 Å². The third kappa shape index (κ3) is 4.63. The third-order valence-corrected chi connectivity index (χ3v) is 4.10. The third-order valence-electron chi connectivity index (χ3n) is 3.23. The number of ketones is 1. The Kier molecular flexibility index (Phi) is 6.03. The van der Waals surface area contributed by atoms with E-state index in [0.717, 1.165) is 11.8 Å². The highest BCUT2D eigenvalue weighted by atomic mass is 32.1. The smallest absolute Gasteiger partial charge is 0.261 e. The molecule has 5 heteroatoms. The lowest BCUT2D eigenvalue weighted by atomic mass is 9.99. The van der Waals surface area contributed by atoms with Crippen LogP contribution in [-0.4, -0.2) is 24.0 Å². The lowest BCUT2D eigenvalue weighted by molar-refractivity contribution is -0.122. The van der Waals surface area contributed by atoms with E-state index in [-0.39, 0.29) is 24.5 Å². The number of benzene rings is 1. The fraction of sp³-hybridized carbons (Fsp3) is 0.235. The van der Waals surface area contributed by atoms with Crippen molar-refractivity contribution in [2.75, 3.05) is 0 Å². The molecule has 0 saturated heterocycles. The van der Waals surface area contributed by atoms with Gasteiger partial charge in [0, 0.05) is 12.8 Å². The molecule has 0 fully saturated rings. The van der Waals surface area contributed by atoms with Crippen molar-refractivity contribution in [1.82, 2.24) is 5.32 Å². The number of hydrogen-bond donors (Lipinski definition) is 1. The molecule has 0 radical (unpaired) electrons. The first-order chi connectivity index (χ1) is 10.7. The first-order valence-electron chi connectivity index (χ1n) is 7.05. The van der Waals surface area contributed by atoms with Gasteiger partial charge in [-0.1, -0.05) is 36.4 Å². The maximum Gasteiger partial charge on any atom is 0.261 e. The average molecular weight is 315 g/mol. The topological polar surface area (TPSA) is 63.2 Å². The van der Waals surface area contributed by atoms with Gasteiger partial charge in [-0.15, -0.1) is 11.3 Å². The summed E-state index contributed by atoms with van der Waals surface area (Å²) in [7, 11) is 0. The predicted molar refractivity (Wildman–Crippen MR) is 86.0 cm³/mol. The molecule has 1 amide bonds. The monoisotopic (exact) mass is 315 g/mol. The molecule has 1 heterocycles. The van der Waals surface area contributed by atoms with Crippen molar-refractivity contribution in [3.05, 3.63) is 58.3 Å². The summed E-state index contributed by atoms with van der Waals surface area (Å²) in [5.41, 5.74) is 0.971. The molecule has 22 heavy (non-hydrogen) atoms. The van der Waals surface area contributed by atoms with Crippen molar-refractivity contribution in [2.24, 2.45) is 0 Å². The lowest BCUT2D eigenvalue weighted by Gasteiger charge is -2.17. The number of rotatable bonds is 8. The van der Waals surface area contributed by atoms with E-state index < -0.39 is 6.04 Å². The quantitative estimate of drug-likeness (QED) is 0.762. The van der Waals surface area contributed by atoms with Crippen LogP contribution in [0.2, 0.25) is 0 Å². The van der Waals surface area contributed by atoms with Gasteiger partial charge in [-0.3, -0.25) is 9.59 Å². The molecular formula is C17H17NO3S. The maximum absolute atomic E-state index is 12.2. The van der Waals surface area contributed by atoms with Gasteiger partial charge in [0.25, 0.3) is 5.91 Å². The molecule has 1 N–H and O–H groups in total. The highest BCUT2D eigenvalue weighted by Gasteiger charge is 2.21. The molecule has 0 saturated carbocycles. The molecule has 2 aromatic rings. The SMILES string of the molecule is O=CCCC(=O)[C@H](Cc1ccccc1)NC(=O)c1cccs1. The largest absolute Gasteiger partial charge is 0.341 e. The van der Waals surface area contributed by atoms with Crippen LogP contribution in [0, 0.1) is 0 Å². The number of hydrogen-bond acceptors (Lipinski definition) is 4. The molecule has 0 unspecified atom stereocenters. The van der Waals surface area contributed by atoms with Crippen LogP contribution in [0.5, 0.6) is 0 Å². The molecule has 114 valence electrons. The zero-order valence-corrected chi connectivity index (χ0v) is 12.8. The molecule has 0 aliphatic rings. The second kappa shape index (κ2) is 8.24. The van der Waals surface area contributed by atoms with E-state index in [1.54, 1.807) is 12.1 Å². The Morgan fingerprint density at radius 2 is 1.91 bits per heavy atom. The standard InChI is InChI=1S/C17H17NO3S/c19-10-4-8-15(20)14(12-13-6-2-1-3-7-13)18-17(21)16-9-5-11-22-16/h1-3,5-7,9-11,14H,4,8,12H2,(H,18,21)/t14-/m0/s1. The number of carbonyl (C=O) groups is 3. The molecule has 0 bridgehead atoms. The Morgan fingerprint density at radius 3 is 2.55 bits per heavy atom. The van der Waals surface area contributed by atoms with Gasteiger partial charge in [-0.2, -0.15) is 0 Å². The Hall–Kier alpha value is -2.27. The Balaban J connectivity index is 2.08. The van der Waals surface area contributed by atoms with E-state index in [2.05, 4.69) is 5.32 Å². The van der Waals surface area contributed by atoms with Crippen LogP contribution in [-0.2, 0) is 16.0 Å². The van der Waals surface area contributed by atoms with E-state index in [4.69, 9.17) is 0 Å². The second-order valence-corrected chi connectivity index (χ2v) is 5.81. The van der Waals surface area contributed by atoms with E-state index >= 15 is 0 Å². The molecular weight excluding hydrogens is 298 g/mol. The van der Waals surface area contributed by atoms with Gasteiger partial charge in [0.2, 0.25) is 0 Å². The number of carbonyl (C=O) groups excluding carboxylic acids is 3. The van der Waals surface area contributed by atoms with Crippen LogP contribution in [0.25, 0.3) is 0 Å². The molecule has 0 spiro atoms. The molecule has 0 aliphatic heterocycles. The molecule has 1 aromatic heterocycles. The van der Waals surface area contributed by atoms with Gasteiger partial charge in [0.1, 0.15) is 6.29 Å². The summed E-state index contributed by atoms with van der Waals surface area (Å²) in [6, 6.07) is 12.4. The Bertz CT molecular complexity index is 623. The van der Waals surface area contributed by atoms with Gasteiger partial charge in [0.15, 0.2) is 5.78 Å². The van der Waals surface area contributed by atoms with E-state index in [1.807, 2.05) is 35.7 Å². The van der Waals surface area contributed by atoms with E-state index in [1.165, 1.54) is 11.3 Å². The summed E-state index contributed by atoms with van der Waals surface area (Å²) in [4.78, 5) is 35.4. The van der Waals surface area contributed by atoms with E-state index in [9.17, 15) is 14.4 Å². The predicted octanol–water partition coefficient (Wildman–Crippen LogP) is 2.64. The van der Waals surface area contributed by atoms with E-state index in [0.29, 0.717) is 11.3 Å². The summed E-state index contributed by atoms with van der Waals surface area (Å²) in [6.07, 6.45) is 1.47. The minimum atomic E-state index is -0.614. The summed E-state index contributed by atoms with van der Waals surface area (Å²) < 4.78 is 0. The molecule has 4 nitrogen and oxygen atoms in total. The fourth-order valence-electron chi connectivity index (χ4n) is 2.11. The average Bonchev–Trinajstić information content (AvgIpc) is 3.07. The van der Waals surface area contributed by atoms with Crippen molar-refractivity contribution < 1.29 is 14.4 Å². The van der Waals surface area contributed by atoms with Crippen LogP contribution in [0.15, 0.2) is 47.8 Å². The first-order valence-corrected chi connectivity index (χ1v) is 7.93. The highest BCUT2D eigenvalue weighted by molar-refractivity contribution is 7.12. The van der Waals surface area contributed by atoms with Crippen molar-refractivity contribution in [2.45, 2.75) is 25.3 Å². The van der Waals surface area contributed by atoms with Gasteiger partial charge in [-0.05, 0) is 23.4 Å². The van der Waals surface area contributed by atoms with Crippen LogP contribution in [0.1, 0.15) is 28.1 Å². The zero-order chi connectivity index (χ0) is 15.8. The van der Waals surface area contributed by atoms with Crippen molar-refractivity contribution in [3.63, 3.8) is 0 Å². The number of aldehydes is 1. The van der Waals surface area contributed by atoms with Gasteiger partial charge in [0.05, 0.1) is 10.9 Å². The fourth-order valence-corrected chi connectivity index (χ4v) is 2.73. The van der Waals surface area contributed by atoms with Crippen LogP contribution < -0.4 is 5.32 Å². The minimum absolute atomic E-state index is 0.124. The van der Waals surface area contributed by atoms with Gasteiger partial charge < -0.3 is 10.1 Å². The van der Waals surface area contributed by atoms with Gasteiger partial charge in [-0.25, -0.2) is 0 Å². The molecule has 1 aromatic carbocycles. The Morgan fingerprint density at radius 1 is 1.14 bits per heavy atom. The van der Waals surface area contributed by atoms with Gasteiger partial charge >= 0.3 is 0 Å². The molecule has 0 aliphatic carbocycles. The number of amides is 1. The highest BCUT2D eigenvalue weighted by Crippen LogP contribution is 2.11. The lowest BCUT2D eigenvalue weighted by Crippen LogP contribution is -2.42. The minimum Gasteiger partial charge on any atom is -0.341 e. The van der Waals surface area contributed by atoms with Crippen LogP contribution in [0.4, 0.5) is 0 Å². The number of Topliss-reactive ketones (excluding diaryl/α,β-unsaturated/α-hetero) is 1. The normalized spacial score (nSPS) is 11.6. The number of thiophene rings is 1. The molecule has 2 rings (SSSR count). The number of nitrogens with one attached hydrogen (secondary N) is 1. The van der Waals surface area contributed by atoms with Crippen LogP contribution >= 0.6 is 11.3 Å². The Labute approximate surface area is 133 Å². The summed E-state index contributed by atoms with van der Waals surface area (Å²) in [5, 5.41) is 4.60. The van der Waals surface area contributed by atoms with Crippen molar-refractivity contribution in [1.29, 1.82) is 0 Å². The van der Waals surface area contributed by atoms with Crippen molar-refractivity contribution in [3.8, 4) is 0 Å². The zero-order valence-electron chi connectivity index (χ0n) is 12.0. The first kappa shape index (κ1) is 16.1. The summed E-state index contributed by atoms with van der Waals surface area (Å²) >= 11 is 1.33. The summed E-state index contributed by atoms with van der Waals surface area (Å²) in [6.45, 7) is 0. The second-order valence-electron chi connectivity index (χ2n) is 4.86. The maximum atomic E-state index is 12.2. The summed E-state index contributed by atoms with van der Waals surface area (Å²) in [5.74, 6) is -0.378.